The quantitative estimate of drug-likeness (QED) is 0.420. The molecule has 0 aliphatic carbocycles. The van der Waals surface area contributed by atoms with E-state index in [0.29, 0.717) is 12.5 Å². The standard InChI is InChI=1S/C20H23FN4O/c1-13-4-3-5-16-15(12-24-19(13)16)8-9-23-20(22-2)25-11-14-6-7-18(26)17(21)10-14/h3-7,10,12,24,26H,8-9,11H2,1-2H3,(H2,22,23,25). The number of halogens is 1. The number of phenols is 1. The van der Waals surface area contributed by atoms with Gasteiger partial charge in [-0.25, -0.2) is 4.39 Å². The maximum atomic E-state index is 13.4. The molecule has 0 unspecified atom stereocenters. The summed E-state index contributed by atoms with van der Waals surface area (Å²) in [6, 6.07) is 10.6. The van der Waals surface area contributed by atoms with Gasteiger partial charge in [-0.3, -0.25) is 4.99 Å². The summed E-state index contributed by atoms with van der Waals surface area (Å²) in [5, 5.41) is 16.9. The molecule has 0 spiro atoms. The van der Waals surface area contributed by atoms with Crippen LogP contribution >= 0.6 is 0 Å². The average Bonchev–Trinajstić information content (AvgIpc) is 3.05. The largest absolute Gasteiger partial charge is 0.505 e. The van der Waals surface area contributed by atoms with Gasteiger partial charge < -0.3 is 20.7 Å². The first-order valence-corrected chi connectivity index (χ1v) is 8.56. The lowest BCUT2D eigenvalue weighted by Gasteiger charge is -2.12. The number of guanidine groups is 1. The molecule has 0 bridgehead atoms. The van der Waals surface area contributed by atoms with Crippen LogP contribution in [0, 0.1) is 12.7 Å². The molecule has 0 fully saturated rings. The molecule has 0 amide bonds. The fraction of sp³-hybridized carbons (Fsp3) is 0.250. The van der Waals surface area contributed by atoms with Crippen molar-refractivity contribution in [3.05, 3.63) is 65.1 Å². The molecule has 136 valence electrons. The number of aryl methyl sites for hydroxylation is 1. The Labute approximate surface area is 152 Å². The zero-order valence-corrected chi connectivity index (χ0v) is 14.9. The minimum absolute atomic E-state index is 0.342. The van der Waals surface area contributed by atoms with E-state index in [4.69, 9.17) is 0 Å². The van der Waals surface area contributed by atoms with Crippen LogP contribution in [0.2, 0.25) is 0 Å². The Morgan fingerprint density at radius 3 is 2.85 bits per heavy atom. The normalized spacial score (nSPS) is 11.7. The molecule has 0 aliphatic rings. The number of rotatable bonds is 5. The Kier molecular flexibility index (Phi) is 5.41. The maximum absolute atomic E-state index is 13.4. The summed E-state index contributed by atoms with van der Waals surface area (Å²) >= 11 is 0. The second-order valence-electron chi connectivity index (χ2n) is 6.20. The van der Waals surface area contributed by atoms with Crippen LogP contribution in [0.5, 0.6) is 5.75 Å². The van der Waals surface area contributed by atoms with Gasteiger partial charge in [-0.1, -0.05) is 24.3 Å². The molecule has 1 heterocycles. The highest BCUT2D eigenvalue weighted by molar-refractivity contribution is 5.86. The third-order valence-corrected chi connectivity index (χ3v) is 4.39. The van der Waals surface area contributed by atoms with Crippen LogP contribution in [-0.4, -0.2) is 29.6 Å². The number of nitrogens with zero attached hydrogens (tertiary/aromatic N) is 1. The van der Waals surface area contributed by atoms with Crippen LogP contribution in [0.4, 0.5) is 4.39 Å². The van der Waals surface area contributed by atoms with E-state index in [9.17, 15) is 9.50 Å². The van der Waals surface area contributed by atoms with Gasteiger partial charge >= 0.3 is 0 Å². The SMILES string of the molecule is CN=C(NCCc1c[nH]c2c(C)cccc12)NCc1ccc(O)c(F)c1. The van der Waals surface area contributed by atoms with Crippen molar-refractivity contribution in [3.63, 3.8) is 0 Å². The summed E-state index contributed by atoms with van der Waals surface area (Å²) in [6.45, 7) is 3.24. The minimum Gasteiger partial charge on any atom is -0.505 e. The Hall–Kier alpha value is -3.02. The molecular weight excluding hydrogens is 331 g/mol. The number of nitrogens with one attached hydrogen (secondary N) is 3. The summed E-state index contributed by atoms with van der Waals surface area (Å²) in [7, 11) is 1.70. The van der Waals surface area contributed by atoms with E-state index in [1.165, 1.54) is 34.2 Å². The fourth-order valence-corrected chi connectivity index (χ4v) is 2.95. The van der Waals surface area contributed by atoms with E-state index in [1.54, 1.807) is 13.1 Å². The van der Waals surface area contributed by atoms with Crippen LogP contribution in [0.3, 0.4) is 0 Å². The van der Waals surface area contributed by atoms with Gasteiger partial charge in [0.15, 0.2) is 17.5 Å². The predicted octanol–water partition coefficient (Wildman–Crippen LogP) is 3.23. The Balaban J connectivity index is 1.54. The van der Waals surface area contributed by atoms with Crippen molar-refractivity contribution in [1.29, 1.82) is 0 Å². The third-order valence-electron chi connectivity index (χ3n) is 4.39. The lowest BCUT2D eigenvalue weighted by atomic mass is 10.1. The Bertz CT molecular complexity index is 933. The molecule has 0 saturated heterocycles. The summed E-state index contributed by atoms with van der Waals surface area (Å²) in [4.78, 5) is 7.52. The number of phenolic OH excluding ortho intramolecular Hbond substituents is 1. The summed E-state index contributed by atoms with van der Waals surface area (Å²) in [5.74, 6) is -0.318. The van der Waals surface area contributed by atoms with Crippen molar-refractivity contribution in [3.8, 4) is 5.75 Å². The van der Waals surface area contributed by atoms with Crippen molar-refractivity contribution in [2.45, 2.75) is 19.9 Å². The number of H-pyrrole nitrogens is 1. The van der Waals surface area contributed by atoms with Crippen molar-refractivity contribution >= 4 is 16.9 Å². The molecule has 0 radical (unpaired) electrons. The van der Waals surface area contributed by atoms with Crippen molar-refractivity contribution in [2.75, 3.05) is 13.6 Å². The number of fused-ring (bicyclic) bond motifs is 1. The third kappa shape index (κ3) is 3.96. The number of aromatic hydroxyl groups is 1. The lowest BCUT2D eigenvalue weighted by molar-refractivity contribution is 0.431. The van der Waals surface area contributed by atoms with Crippen LogP contribution < -0.4 is 10.6 Å². The molecule has 0 saturated carbocycles. The van der Waals surface area contributed by atoms with Gasteiger partial charge in [0, 0.05) is 37.2 Å². The van der Waals surface area contributed by atoms with E-state index in [1.807, 2.05) is 0 Å². The topological polar surface area (TPSA) is 72.4 Å². The summed E-state index contributed by atoms with van der Waals surface area (Å²) < 4.78 is 13.4. The van der Waals surface area contributed by atoms with Gasteiger partial charge in [-0.2, -0.15) is 0 Å². The first-order valence-electron chi connectivity index (χ1n) is 8.56. The highest BCUT2D eigenvalue weighted by atomic mass is 19.1. The number of aliphatic imine (C=N–C) groups is 1. The highest BCUT2D eigenvalue weighted by Crippen LogP contribution is 2.21. The lowest BCUT2D eigenvalue weighted by Crippen LogP contribution is -2.37. The molecule has 4 N–H and O–H groups in total. The Morgan fingerprint density at radius 1 is 1.23 bits per heavy atom. The Morgan fingerprint density at radius 2 is 2.08 bits per heavy atom. The first-order chi connectivity index (χ1) is 12.6. The zero-order chi connectivity index (χ0) is 18.5. The summed E-state index contributed by atoms with van der Waals surface area (Å²) in [6.07, 6.45) is 2.91. The van der Waals surface area contributed by atoms with Gasteiger partial charge in [0.1, 0.15) is 0 Å². The molecule has 5 nitrogen and oxygen atoms in total. The fourth-order valence-electron chi connectivity index (χ4n) is 2.95. The molecular formula is C20H23FN4O. The van der Waals surface area contributed by atoms with Crippen LogP contribution in [0.25, 0.3) is 10.9 Å². The smallest absolute Gasteiger partial charge is 0.191 e. The van der Waals surface area contributed by atoms with Crippen molar-refractivity contribution in [1.82, 2.24) is 15.6 Å². The van der Waals surface area contributed by atoms with E-state index in [2.05, 4.69) is 51.9 Å². The maximum Gasteiger partial charge on any atom is 0.191 e. The van der Waals surface area contributed by atoms with E-state index in [-0.39, 0.29) is 5.75 Å². The van der Waals surface area contributed by atoms with Gasteiger partial charge in [-0.05, 0) is 42.2 Å². The minimum atomic E-state index is -0.623. The first kappa shape index (κ1) is 17.8. The monoisotopic (exact) mass is 354 g/mol. The average molecular weight is 354 g/mol. The van der Waals surface area contributed by atoms with Gasteiger partial charge in [0.05, 0.1) is 0 Å². The van der Waals surface area contributed by atoms with Crippen LogP contribution in [-0.2, 0) is 13.0 Å². The second kappa shape index (κ2) is 7.91. The molecule has 1 aromatic heterocycles. The zero-order valence-electron chi connectivity index (χ0n) is 14.9. The molecule has 2 aromatic carbocycles. The van der Waals surface area contributed by atoms with E-state index in [0.717, 1.165) is 18.5 Å². The number of benzene rings is 2. The highest BCUT2D eigenvalue weighted by Gasteiger charge is 2.06. The molecule has 6 heteroatoms. The molecule has 3 rings (SSSR count). The molecule has 26 heavy (non-hydrogen) atoms. The van der Waals surface area contributed by atoms with Crippen molar-refractivity contribution in [2.24, 2.45) is 4.99 Å². The van der Waals surface area contributed by atoms with Crippen LogP contribution in [0.1, 0.15) is 16.7 Å². The van der Waals surface area contributed by atoms with Gasteiger partial charge in [-0.15, -0.1) is 0 Å². The van der Waals surface area contributed by atoms with Crippen molar-refractivity contribution < 1.29 is 9.50 Å². The van der Waals surface area contributed by atoms with Gasteiger partial charge in [0.25, 0.3) is 0 Å². The predicted molar refractivity (Wildman–Crippen MR) is 103 cm³/mol. The molecule has 3 aromatic rings. The number of aromatic nitrogens is 1. The molecule has 0 atom stereocenters. The number of hydrogen-bond donors (Lipinski definition) is 4. The van der Waals surface area contributed by atoms with E-state index < -0.39 is 5.82 Å². The number of aromatic amines is 1. The van der Waals surface area contributed by atoms with Gasteiger partial charge in [0.2, 0.25) is 0 Å². The van der Waals surface area contributed by atoms with E-state index >= 15 is 0 Å². The number of hydrogen-bond acceptors (Lipinski definition) is 2. The number of para-hydroxylation sites is 1. The summed E-state index contributed by atoms with van der Waals surface area (Å²) in [5.41, 5.74) is 4.40. The second-order valence-corrected chi connectivity index (χ2v) is 6.20. The molecule has 0 aliphatic heterocycles. The van der Waals surface area contributed by atoms with Crippen LogP contribution in [0.15, 0.2) is 47.6 Å².